The first kappa shape index (κ1) is 14.9. The van der Waals surface area contributed by atoms with E-state index in [-0.39, 0.29) is 24.8 Å². The predicted molar refractivity (Wildman–Crippen MR) is 64.2 cm³/mol. The highest BCUT2D eigenvalue weighted by atomic mass is 32.2. The van der Waals surface area contributed by atoms with E-state index in [4.69, 9.17) is 0 Å². The zero-order chi connectivity index (χ0) is 13.6. The molecule has 1 aromatic rings. The van der Waals surface area contributed by atoms with Gasteiger partial charge in [-0.05, 0) is 30.7 Å². The summed E-state index contributed by atoms with van der Waals surface area (Å²) in [5.74, 6) is -0.830. The van der Waals surface area contributed by atoms with Gasteiger partial charge in [-0.15, -0.1) is 0 Å². The number of hydrogen-bond donors (Lipinski definition) is 0. The van der Waals surface area contributed by atoms with E-state index in [9.17, 15) is 18.0 Å². The van der Waals surface area contributed by atoms with Crippen molar-refractivity contribution >= 4 is 17.7 Å². The Kier molecular flexibility index (Phi) is 5.53. The predicted octanol–water partition coefficient (Wildman–Crippen LogP) is 3.41. The summed E-state index contributed by atoms with van der Waals surface area (Å²) in [6, 6.07) is 8.57. The van der Waals surface area contributed by atoms with Gasteiger partial charge in [0.15, 0.2) is 0 Å². The SMILES string of the molecule is CCOC(=O)C(Cc1ccccc1)SC(F)(F)F. The molecule has 0 aliphatic heterocycles. The van der Waals surface area contributed by atoms with Gasteiger partial charge in [0.25, 0.3) is 0 Å². The lowest BCUT2D eigenvalue weighted by Gasteiger charge is -2.16. The molecule has 1 unspecified atom stereocenters. The van der Waals surface area contributed by atoms with Crippen LogP contribution in [0, 0.1) is 0 Å². The second kappa shape index (κ2) is 6.68. The molecule has 0 spiro atoms. The highest BCUT2D eigenvalue weighted by molar-refractivity contribution is 8.01. The van der Waals surface area contributed by atoms with Crippen molar-refractivity contribution in [3.63, 3.8) is 0 Å². The van der Waals surface area contributed by atoms with Crippen molar-refractivity contribution in [1.29, 1.82) is 0 Å². The summed E-state index contributed by atoms with van der Waals surface area (Å²) >= 11 is -0.330. The third-order valence-corrected chi connectivity index (χ3v) is 3.00. The number of rotatable bonds is 5. The minimum atomic E-state index is -4.45. The maximum Gasteiger partial charge on any atom is 0.442 e. The van der Waals surface area contributed by atoms with Crippen LogP contribution in [0.3, 0.4) is 0 Å². The third-order valence-electron chi connectivity index (χ3n) is 2.09. The summed E-state index contributed by atoms with van der Waals surface area (Å²) in [5, 5.41) is -1.26. The number of carbonyl (C=O) groups is 1. The van der Waals surface area contributed by atoms with Gasteiger partial charge in [-0.1, -0.05) is 30.3 Å². The number of ether oxygens (including phenoxy) is 1. The first-order chi connectivity index (χ1) is 8.42. The lowest BCUT2D eigenvalue weighted by Crippen LogP contribution is -2.26. The maximum atomic E-state index is 12.4. The molecule has 1 aromatic carbocycles. The van der Waals surface area contributed by atoms with E-state index < -0.39 is 16.7 Å². The van der Waals surface area contributed by atoms with Crippen LogP contribution in [-0.2, 0) is 16.0 Å². The first-order valence-corrected chi connectivity index (χ1v) is 6.25. The van der Waals surface area contributed by atoms with Gasteiger partial charge in [0.1, 0.15) is 5.25 Å². The minimum absolute atomic E-state index is 0.00382. The Balaban J connectivity index is 2.74. The molecule has 0 saturated heterocycles. The molecule has 0 N–H and O–H groups in total. The zero-order valence-corrected chi connectivity index (χ0v) is 10.6. The summed E-state index contributed by atoms with van der Waals surface area (Å²) in [5.41, 5.74) is -3.78. The second-order valence-electron chi connectivity index (χ2n) is 3.49. The molecule has 1 rings (SSSR count). The quantitative estimate of drug-likeness (QED) is 0.772. The van der Waals surface area contributed by atoms with Crippen LogP contribution in [0.4, 0.5) is 13.2 Å². The van der Waals surface area contributed by atoms with Crippen LogP contribution < -0.4 is 0 Å². The molecule has 1 atom stereocenters. The number of benzene rings is 1. The van der Waals surface area contributed by atoms with E-state index in [2.05, 4.69) is 4.74 Å². The van der Waals surface area contributed by atoms with Gasteiger partial charge in [0.2, 0.25) is 0 Å². The molecule has 6 heteroatoms. The van der Waals surface area contributed by atoms with Crippen LogP contribution in [0.2, 0.25) is 0 Å². The molecule has 0 bridgehead atoms. The molecule has 0 fully saturated rings. The van der Waals surface area contributed by atoms with Gasteiger partial charge >= 0.3 is 11.5 Å². The smallest absolute Gasteiger partial charge is 0.442 e. The highest BCUT2D eigenvalue weighted by Crippen LogP contribution is 2.35. The Hall–Kier alpha value is -1.17. The molecule has 18 heavy (non-hydrogen) atoms. The van der Waals surface area contributed by atoms with Gasteiger partial charge in [0.05, 0.1) is 6.61 Å². The van der Waals surface area contributed by atoms with E-state index in [1.165, 1.54) is 0 Å². The van der Waals surface area contributed by atoms with Gasteiger partial charge < -0.3 is 4.74 Å². The summed E-state index contributed by atoms with van der Waals surface area (Å²) in [7, 11) is 0. The lowest BCUT2D eigenvalue weighted by molar-refractivity contribution is -0.142. The van der Waals surface area contributed by atoms with Crippen molar-refractivity contribution in [2.45, 2.75) is 24.1 Å². The topological polar surface area (TPSA) is 26.3 Å². The molecular weight excluding hydrogens is 265 g/mol. The monoisotopic (exact) mass is 278 g/mol. The zero-order valence-electron chi connectivity index (χ0n) is 9.74. The molecule has 0 aliphatic rings. The fourth-order valence-corrected chi connectivity index (χ4v) is 2.16. The van der Waals surface area contributed by atoms with Crippen LogP contribution in [-0.4, -0.2) is 23.3 Å². The Labute approximate surface area is 108 Å². The first-order valence-electron chi connectivity index (χ1n) is 5.37. The van der Waals surface area contributed by atoms with Gasteiger partial charge in [-0.3, -0.25) is 4.79 Å². The van der Waals surface area contributed by atoms with E-state index in [1.807, 2.05) is 0 Å². The van der Waals surface area contributed by atoms with Crippen molar-refractivity contribution in [3.05, 3.63) is 35.9 Å². The third kappa shape index (κ3) is 5.44. The van der Waals surface area contributed by atoms with Crippen LogP contribution in [0.15, 0.2) is 30.3 Å². The molecule has 0 aliphatic carbocycles. The number of esters is 1. The Bertz CT molecular complexity index is 379. The highest BCUT2D eigenvalue weighted by Gasteiger charge is 2.37. The maximum absolute atomic E-state index is 12.4. The number of thioether (sulfide) groups is 1. The number of alkyl halides is 3. The summed E-state index contributed by atoms with van der Waals surface area (Å²) in [6.45, 7) is 1.64. The molecule has 0 radical (unpaired) electrons. The molecule has 0 amide bonds. The standard InChI is InChI=1S/C12H13F3O2S/c1-2-17-11(16)10(18-12(13,14)15)8-9-6-4-3-5-7-9/h3-7,10H,2,8H2,1H3. The Morgan fingerprint density at radius 1 is 1.33 bits per heavy atom. The number of halogens is 3. The Morgan fingerprint density at radius 2 is 1.94 bits per heavy atom. The van der Waals surface area contributed by atoms with E-state index >= 15 is 0 Å². The van der Waals surface area contributed by atoms with Crippen LogP contribution in [0.5, 0.6) is 0 Å². The van der Waals surface area contributed by atoms with Crippen molar-refractivity contribution in [2.75, 3.05) is 6.61 Å². The van der Waals surface area contributed by atoms with Gasteiger partial charge in [-0.25, -0.2) is 0 Å². The number of carbonyl (C=O) groups excluding carboxylic acids is 1. The van der Waals surface area contributed by atoms with Crippen molar-refractivity contribution in [3.8, 4) is 0 Å². The summed E-state index contributed by atoms with van der Waals surface area (Å²) in [6.07, 6.45) is 0.00382. The lowest BCUT2D eigenvalue weighted by atomic mass is 10.1. The summed E-state index contributed by atoms with van der Waals surface area (Å²) < 4.78 is 41.8. The minimum Gasteiger partial charge on any atom is -0.465 e. The van der Waals surface area contributed by atoms with Gasteiger partial charge in [0, 0.05) is 0 Å². The molecule has 0 aromatic heterocycles. The average Bonchev–Trinajstić information content (AvgIpc) is 2.28. The van der Waals surface area contributed by atoms with E-state index in [1.54, 1.807) is 37.3 Å². The van der Waals surface area contributed by atoms with E-state index in [0.717, 1.165) is 0 Å². The van der Waals surface area contributed by atoms with Crippen molar-refractivity contribution in [1.82, 2.24) is 0 Å². The van der Waals surface area contributed by atoms with Crippen LogP contribution in [0.1, 0.15) is 12.5 Å². The molecule has 100 valence electrons. The van der Waals surface area contributed by atoms with Crippen LogP contribution in [0.25, 0.3) is 0 Å². The molecule has 2 nitrogen and oxygen atoms in total. The second-order valence-corrected chi connectivity index (χ2v) is 4.76. The fourth-order valence-electron chi connectivity index (χ4n) is 1.40. The molecule has 0 heterocycles. The van der Waals surface area contributed by atoms with E-state index in [0.29, 0.717) is 5.56 Å². The Morgan fingerprint density at radius 3 is 2.44 bits per heavy atom. The average molecular weight is 278 g/mol. The normalized spacial score (nSPS) is 13.1. The number of hydrogen-bond acceptors (Lipinski definition) is 3. The largest absolute Gasteiger partial charge is 0.465 e. The summed E-state index contributed by atoms with van der Waals surface area (Å²) in [4.78, 5) is 11.5. The van der Waals surface area contributed by atoms with Crippen LogP contribution >= 0.6 is 11.8 Å². The van der Waals surface area contributed by atoms with Crippen molar-refractivity contribution in [2.24, 2.45) is 0 Å². The van der Waals surface area contributed by atoms with Gasteiger partial charge in [-0.2, -0.15) is 13.2 Å². The molecule has 0 saturated carbocycles. The van der Waals surface area contributed by atoms with Crippen molar-refractivity contribution < 1.29 is 22.7 Å². The molecular formula is C12H13F3O2S. The fraction of sp³-hybridized carbons (Fsp3) is 0.417.